The highest BCUT2D eigenvalue weighted by Crippen LogP contribution is 1.98. The summed E-state index contributed by atoms with van der Waals surface area (Å²) >= 11 is 0. The lowest BCUT2D eigenvalue weighted by atomic mass is 10.4. The van der Waals surface area contributed by atoms with Gasteiger partial charge in [-0.25, -0.2) is 0 Å². The predicted molar refractivity (Wildman–Crippen MR) is 53.3 cm³/mol. The van der Waals surface area contributed by atoms with Crippen LogP contribution >= 0.6 is 0 Å². The molecule has 3 nitrogen and oxygen atoms in total. The van der Waals surface area contributed by atoms with Crippen molar-refractivity contribution < 1.29 is 14.6 Å². The fraction of sp³-hybridized carbons (Fsp3) is 0.300. The normalized spacial score (nSPS) is 9.23. The molecular formula is C10H16O3. The average molecular weight is 184 g/mol. The number of ether oxygens (including phenoxy) is 1. The van der Waals surface area contributed by atoms with Gasteiger partial charge in [-0.05, 0) is 12.2 Å². The van der Waals surface area contributed by atoms with Crippen LogP contribution in [-0.2, 0) is 9.53 Å². The highest BCUT2D eigenvalue weighted by Gasteiger charge is 1.88. The van der Waals surface area contributed by atoms with Gasteiger partial charge >= 0.3 is 0 Å². The van der Waals surface area contributed by atoms with E-state index in [4.69, 9.17) is 9.84 Å². The molecule has 3 heteroatoms. The van der Waals surface area contributed by atoms with E-state index in [0.29, 0.717) is 18.8 Å². The molecule has 0 heterocycles. The van der Waals surface area contributed by atoms with E-state index in [2.05, 4.69) is 13.2 Å². The second-order valence-corrected chi connectivity index (χ2v) is 1.81. The van der Waals surface area contributed by atoms with Crippen LogP contribution in [0.3, 0.4) is 0 Å². The number of aliphatic hydroxyl groups excluding tert-OH is 1. The van der Waals surface area contributed by atoms with Gasteiger partial charge in [-0.3, -0.25) is 0 Å². The van der Waals surface area contributed by atoms with Crippen molar-refractivity contribution >= 4 is 6.29 Å². The maximum absolute atomic E-state index is 9.89. The lowest BCUT2D eigenvalue weighted by Crippen LogP contribution is -1.92. The van der Waals surface area contributed by atoms with Crippen molar-refractivity contribution in [2.24, 2.45) is 0 Å². The zero-order valence-corrected chi connectivity index (χ0v) is 7.90. The molecule has 0 spiro atoms. The maximum atomic E-state index is 9.89. The van der Waals surface area contributed by atoms with Crippen molar-refractivity contribution in [2.45, 2.75) is 6.42 Å². The molecule has 0 saturated carbocycles. The van der Waals surface area contributed by atoms with Crippen LogP contribution in [0.4, 0.5) is 0 Å². The summed E-state index contributed by atoms with van der Waals surface area (Å²) in [6.45, 7) is 7.43. The molecule has 0 amide bonds. The highest BCUT2D eigenvalue weighted by atomic mass is 16.5. The number of aldehydes is 1. The molecule has 0 aliphatic heterocycles. The largest absolute Gasteiger partial charge is 0.493 e. The van der Waals surface area contributed by atoms with E-state index in [9.17, 15) is 4.79 Å². The first kappa shape index (κ1) is 14.2. The van der Waals surface area contributed by atoms with Crippen molar-refractivity contribution in [3.8, 4) is 0 Å². The van der Waals surface area contributed by atoms with Gasteiger partial charge in [-0.2, -0.15) is 0 Å². The van der Waals surface area contributed by atoms with Crippen molar-refractivity contribution in [3.63, 3.8) is 0 Å². The first-order valence-electron chi connectivity index (χ1n) is 3.81. The topological polar surface area (TPSA) is 46.5 Å². The Morgan fingerprint density at radius 3 is 2.46 bits per heavy atom. The fourth-order valence-corrected chi connectivity index (χ4v) is 0.516. The Balaban J connectivity index is 0. The monoisotopic (exact) mass is 184 g/mol. The molecule has 0 fully saturated rings. The molecule has 0 aliphatic rings. The third-order valence-corrected chi connectivity index (χ3v) is 0.988. The van der Waals surface area contributed by atoms with Crippen molar-refractivity contribution in [2.75, 3.05) is 13.7 Å². The molecule has 74 valence electrons. The number of rotatable bonds is 6. The summed E-state index contributed by atoms with van der Waals surface area (Å²) in [5.74, 6) is 0.641. The third-order valence-electron chi connectivity index (χ3n) is 0.988. The van der Waals surface area contributed by atoms with Gasteiger partial charge < -0.3 is 14.6 Å². The lowest BCUT2D eigenvalue weighted by molar-refractivity contribution is -0.108. The Morgan fingerprint density at radius 1 is 1.46 bits per heavy atom. The van der Waals surface area contributed by atoms with Crippen LogP contribution in [0.15, 0.2) is 37.1 Å². The Morgan fingerprint density at radius 2 is 2.08 bits per heavy atom. The predicted octanol–water partition coefficient (Wildman–Crippen LogP) is 1.46. The minimum absolute atomic E-state index is 0.398. The first-order valence-corrected chi connectivity index (χ1v) is 3.81. The summed E-state index contributed by atoms with van der Waals surface area (Å²) in [6, 6.07) is 0. The molecule has 0 radical (unpaired) electrons. The molecule has 0 aromatic carbocycles. The van der Waals surface area contributed by atoms with Crippen molar-refractivity contribution in [1.29, 1.82) is 0 Å². The molecule has 0 aliphatic carbocycles. The minimum atomic E-state index is 0.398. The summed E-state index contributed by atoms with van der Waals surface area (Å²) in [5, 5.41) is 7.00. The molecule has 13 heavy (non-hydrogen) atoms. The zero-order chi connectivity index (χ0) is 10.5. The second kappa shape index (κ2) is 13.3. The Labute approximate surface area is 79.0 Å². The summed E-state index contributed by atoms with van der Waals surface area (Å²) in [7, 11) is 1.00. The van der Waals surface area contributed by atoms with Crippen LogP contribution in [0, 0.1) is 0 Å². The van der Waals surface area contributed by atoms with Crippen LogP contribution in [0.25, 0.3) is 0 Å². The van der Waals surface area contributed by atoms with E-state index in [0.717, 1.165) is 13.4 Å². The standard InChI is InChI=1S/C9H12O2.CH4O/c1-3-6-9(4-2)11-8-5-7-10;1-2/h3-4,6-7H,1-2,5,8H2;2H,1H3/b9-6+;. The van der Waals surface area contributed by atoms with Gasteiger partial charge in [0.15, 0.2) is 0 Å². The first-order chi connectivity index (χ1) is 6.35. The summed E-state index contributed by atoms with van der Waals surface area (Å²) in [6.07, 6.45) is 6.10. The smallest absolute Gasteiger partial charge is 0.123 e. The number of allylic oxidation sites excluding steroid dienone is 3. The average Bonchev–Trinajstić information content (AvgIpc) is 2.20. The van der Waals surface area contributed by atoms with Gasteiger partial charge in [0, 0.05) is 13.5 Å². The van der Waals surface area contributed by atoms with Gasteiger partial charge in [0.1, 0.15) is 12.0 Å². The van der Waals surface area contributed by atoms with E-state index in [1.54, 1.807) is 18.2 Å². The van der Waals surface area contributed by atoms with E-state index in [-0.39, 0.29) is 0 Å². The molecule has 0 saturated heterocycles. The van der Waals surface area contributed by atoms with Crippen LogP contribution in [0.1, 0.15) is 6.42 Å². The molecule has 0 unspecified atom stereocenters. The summed E-state index contributed by atoms with van der Waals surface area (Å²) < 4.78 is 5.11. The molecule has 0 atom stereocenters. The fourth-order valence-electron chi connectivity index (χ4n) is 0.516. The quantitative estimate of drug-likeness (QED) is 0.294. The van der Waals surface area contributed by atoms with Crippen LogP contribution in [0.5, 0.6) is 0 Å². The highest BCUT2D eigenvalue weighted by molar-refractivity contribution is 5.49. The molecule has 0 rings (SSSR count). The van der Waals surface area contributed by atoms with Crippen molar-refractivity contribution in [1.82, 2.24) is 0 Å². The van der Waals surface area contributed by atoms with Crippen LogP contribution in [0.2, 0.25) is 0 Å². The number of hydrogen-bond donors (Lipinski definition) is 1. The summed E-state index contributed by atoms with van der Waals surface area (Å²) in [5.41, 5.74) is 0. The maximum Gasteiger partial charge on any atom is 0.123 e. The third kappa shape index (κ3) is 10.7. The second-order valence-electron chi connectivity index (χ2n) is 1.81. The van der Waals surface area contributed by atoms with E-state index in [1.165, 1.54) is 0 Å². The van der Waals surface area contributed by atoms with Crippen LogP contribution in [-0.4, -0.2) is 25.1 Å². The Kier molecular flexibility index (Phi) is 14.5. The number of carbonyl (C=O) groups excluding carboxylic acids is 1. The van der Waals surface area contributed by atoms with Crippen LogP contribution < -0.4 is 0 Å². The molecular weight excluding hydrogens is 168 g/mol. The van der Waals surface area contributed by atoms with Gasteiger partial charge in [0.25, 0.3) is 0 Å². The Hall–Kier alpha value is -1.35. The van der Waals surface area contributed by atoms with Gasteiger partial charge in [-0.1, -0.05) is 19.2 Å². The van der Waals surface area contributed by atoms with Crippen molar-refractivity contribution in [3.05, 3.63) is 37.1 Å². The lowest BCUT2D eigenvalue weighted by Gasteiger charge is -2.02. The zero-order valence-electron chi connectivity index (χ0n) is 7.90. The number of hydrogen-bond acceptors (Lipinski definition) is 3. The van der Waals surface area contributed by atoms with E-state index in [1.807, 2.05) is 0 Å². The number of aliphatic hydroxyl groups is 1. The SMILES string of the molecule is C=C/C=C(\C=C)OCCC=O.CO. The minimum Gasteiger partial charge on any atom is -0.493 e. The molecule has 0 bridgehead atoms. The van der Waals surface area contributed by atoms with E-state index < -0.39 is 0 Å². The molecule has 1 N–H and O–H groups in total. The van der Waals surface area contributed by atoms with Gasteiger partial charge in [-0.15, -0.1) is 0 Å². The molecule has 0 aromatic heterocycles. The Bertz CT molecular complexity index is 171. The van der Waals surface area contributed by atoms with E-state index >= 15 is 0 Å². The van der Waals surface area contributed by atoms with Gasteiger partial charge in [0.05, 0.1) is 6.61 Å². The van der Waals surface area contributed by atoms with Gasteiger partial charge in [0.2, 0.25) is 0 Å². The summed E-state index contributed by atoms with van der Waals surface area (Å²) in [4.78, 5) is 9.89. The number of carbonyl (C=O) groups is 1. The molecule has 0 aromatic rings.